The molecule has 0 radical (unpaired) electrons. The minimum Gasteiger partial charge on any atom is -0.478 e. The summed E-state index contributed by atoms with van der Waals surface area (Å²) in [5.41, 5.74) is -0.446. The van der Waals surface area contributed by atoms with Crippen LogP contribution in [0.2, 0.25) is 0 Å². The van der Waals surface area contributed by atoms with Gasteiger partial charge in [0, 0.05) is 17.3 Å². The molecule has 0 amide bonds. The number of pyridine rings is 1. The summed E-state index contributed by atoms with van der Waals surface area (Å²) >= 11 is 5.52. The lowest BCUT2D eigenvalue weighted by molar-refractivity contribution is 0.0696. The number of aromatic nitrogens is 1. The van der Waals surface area contributed by atoms with Gasteiger partial charge in [0.05, 0.1) is 12.1 Å². The molecule has 1 aromatic heterocycles. The fourth-order valence-electron chi connectivity index (χ4n) is 0.956. The first kappa shape index (κ1) is 10.5. The molecule has 0 saturated carbocycles. The highest BCUT2D eigenvalue weighted by molar-refractivity contribution is 6.29. The van der Waals surface area contributed by atoms with Gasteiger partial charge in [-0.25, -0.2) is 4.79 Å². The van der Waals surface area contributed by atoms with E-state index in [4.69, 9.17) is 16.7 Å². The number of carbonyl (C=O) groups is 1. The smallest absolute Gasteiger partial charge is 0.335 e. The lowest BCUT2D eigenvalue weighted by Crippen LogP contribution is -2.20. The van der Waals surface area contributed by atoms with Crippen LogP contribution in [0.4, 0.5) is 0 Å². The van der Waals surface area contributed by atoms with Crippen LogP contribution >= 0.6 is 11.6 Å². The number of carboxylic acid groups (broad SMARTS) is 1. The number of rotatable bonds is 3. The Kier molecular flexibility index (Phi) is 3.09. The number of halogens is 1. The second-order valence-electron chi connectivity index (χ2n) is 2.70. The number of nitrogens with zero attached hydrogens (tertiary/aromatic N) is 1. The highest BCUT2D eigenvalue weighted by Crippen LogP contribution is 2.00. The van der Waals surface area contributed by atoms with Gasteiger partial charge in [-0.05, 0) is 6.07 Å². The molecule has 0 bridgehead atoms. The number of allylic oxidation sites excluding steroid dienone is 1. The van der Waals surface area contributed by atoms with Gasteiger partial charge >= 0.3 is 5.97 Å². The molecule has 4 nitrogen and oxygen atoms in total. The van der Waals surface area contributed by atoms with Crippen molar-refractivity contribution in [3.8, 4) is 0 Å². The van der Waals surface area contributed by atoms with Crippen LogP contribution in [0.5, 0.6) is 0 Å². The predicted octanol–water partition coefficient (Wildman–Crippen LogP) is 1.30. The third-order valence-corrected chi connectivity index (χ3v) is 1.70. The summed E-state index contributed by atoms with van der Waals surface area (Å²) in [6, 6.07) is 2.38. The van der Waals surface area contributed by atoms with E-state index in [1.165, 1.54) is 16.8 Å². The van der Waals surface area contributed by atoms with Crippen LogP contribution in [0.25, 0.3) is 0 Å². The largest absolute Gasteiger partial charge is 0.478 e. The first-order valence-electron chi connectivity index (χ1n) is 3.78. The van der Waals surface area contributed by atoms with Gasteiger partial charge < -0.3 is 9.67 Å². The Morgan fingerprint density at radius 2 is 2.29 bits per heavy atom. The number of hydrogen-bond donors (Lipinski definition) is 1. The molecule has 0 fully saturated rings. The summed E-state index contributed by atoms with van der Waals surface area (Å²) in [5.74, 6) is -1.13. The molecule has 0 atom stereocenters. The first-order valence-corrected chi connectivity index (χ1v) is 4.15. The Balaban J connectivity index is 3.08. The fourth-order valence-corrected chi connectivity index (χ4v) is 1.09. The molecular weight excluding hydrogens is 206 g/mol. The second-order valence-corrected chi connectivity index (χ2v) is 3.24. The van der Waals surface area contributed by atoms with Gasteiger partial charge in [-0.1, -0.05) is 18.2 Å². The molecule has 1 aromatic rings. The highest BCUT2D eigenvalue weighted by atomic mass is 35.5. The van der Waals surface area contributed by atoms with E-state index in [1.807, 2.05) is 0 Å². The topological polar surface area (TPSA) is 59.3 Å². The number of hydrogen-bond acceptors (Lipinski definition) is 2. The Labute approximate surface area is 85.1 Å². The predicted molar refractivity (Wildman–Crippen MR) is 52.7 cm³/mol. The van der Waals surface area contributed by atoms with E-state index in [2.05, 4.69) is 6.58 Å². The van der Waals surface area contributed by atoms with E-state index in [0.717, 1.165) is 6.07 Å². The maximum absolute atomic E-state index is 11.3. The van der Waals surface area contributed by atoms with Crippen LogP contribution in [0.1, 0.15) is 10.4 Å². The van der Waals surface area contributed by atoms with Gasteiger partial charge in [0.25, 0.3) is 5.56 Å². The van der Waals surface area contributed by atoms with Crippen molar-refractivity contribution in [3.05, 3.63) is 45.9 Å². The van der Waals surface area contributed by atoms with Crippen LogP contribution in [0, 0.1) is 0 Å². The maximum atomic E-state index is 11.3. The molecule has 74 valence electrons. The second kappa shape index (κ2) is 4.11. The monoisotopic (exact) mass is 213 g/mol. The quantitative estimate of drug-likeness (QED) is 0.823. The maximum Gasteiger partial charge on any atom is 0.335 e. The van der Waals surface area contributed by atoms with Gasteiger partial charge in [-0.3, -0.25) is 4.79 Å². The van der Waals surface area contributed by atoms with E-state index in [1.54, 1.807) is 0 Å². The van der Waals surface area contributed by atoms with Crippen LogP contribution in [0.15, 0.2) is 34.7 Å². The first-order chi connectivity index (χ1) is 6.50. The Morgan fingerprint density at radius 1 is 1.64 bits per heavy atom. The average Bonchev–Trinajstić information content (AvgIpc) is 2.07. The zero-order chi connectivity index (χ0) is 10.7. The SMILES string of the molecule is C=C(Cl)Cn1ccc(C(=O)O)cc1=O. The summed E-state index contributed by atoms with van der Waals surface area (Å²) < 4.78 is 1.28. The van der Waals surface area contributed by atoms with Crippen LogP contribution in [-0.2, 0) is 6.54 Å². The van der Waals surface area contributed by atoms with Gasteiger partial charge in [-0.2, -0.15) is 0 Å². The van der Waals surface area contributed by atoms with Crippen molar-refractivity contribution in [3.63, 3.8) is 0 Å². The van der Waals surface area contributed by atoms with E-state index in [-0.39, 0.29) is 12.1 Å². The zero-order valence-electron chi connectivity index (χ0n) is 7.24. The van der Waals surface area contributed by atoms with Crippen LogP contribution in [0.3, 0.4) is 0 Å². The third-order valence-electron chi connectivity index (χ3n) is 1.58. The van der Waals surface area contributed by atoms with E-state index >= 15 is 0 Å². The summed E-state index contributed by atoms with van der Waals surface area (Å²) in [6.07, 6.45) is 1.37. The standard InChI is InChI=1S/C9H8ClNO3/c1-6(10)5-11-3-2-7(9(13)14)4-8(11)12/h2-4H,1,5H2,(H,13,14). The van der Waals surface area contributed by atoms with Gasteiger partial charge in [0.1, 0.15) is 0 Å². The molecule has 14 heavy (non-hydrogen) atoms. The number of aromatic carboxylic acids is 1. The van der Waals surface area contributed by atoms with Crippen molar-refractivity contribution >= 4 is 17.6 Å². The Hall–Kier alpha value is -1.55. The van der Waals surface area contributed by atoms with E-state index in [9.17, 15) is 9.59 Å². The molecule has 5 heteroatoms. The molecule has 1 rings (SSSR count). The van der Waals surface area contributed by atoms with Crippen LogP contribution < -0.4 is 5.56 Å². The van der Waals surface area contributed by atoms with Crippen molar-refractivity contribution < 1.29 is 9.90 Å². The Bertz CT molecular complexity index is 436. The van der Waals surface area contributed by atoms with Crippen molar-refractivity contribution in [1.29, 1.82) is 0 Å². The fraction of sp³-hybridized carbons (Fsp3) is 0.111. The normalized spacial score (nSPS) is 9.79. The third kappa shape index (κ3) is 2.47. The molecule has 1 N–H and O–H groups in total. The minimum atomic E-state index is -1.13. The van der Waals surface area contributed by atoms with Crippen LogP contribution in [-0.4, -0.2) is 15.6 Å². The zero-order valence-corrected chi connectivity index (χ0v) is 7.99. The molecule has 0 spiro atoms. The highest BCUT2D eigenvalue weighted by Gasteiger charge is 2.04. The summed E-state index contributed by atoms with van der Waals surface area (Å²) in [5, 5.41) is 8.91. The van der Waals surface area contributed by atoms with Gasteiger partial charge in [0.2, 0.25) is 0 Å². The average molecular weight is 214 g/mol. The van der Waals surface area contributed by atoms with Crippen molar-refractivity contribution in [2.24, 2.45) is 0 Å². The van der Waals surface area contributed by atoms with Gasteiger partial charge in [0.15, 0.2) is 0 Å². The van der Waals surface area contributed by atoms with Crippen molar-refractivity contribution in [2.45, 2.75) is 6.54 Å². The van der Waals surface area contributed by atoms with Gasteiger partial charge in [-0.15, -0.1) is 0 Å². The molecule has 0 aliphatic heterocycles. The van der Waals surface area contributed by atoms with E-state index in [0.29, 0.717) is 5.03 Å². The van der Waals surface area contributed by atoms with E-state index < -0.39 is 11.5 Å². The molecular formula is C9H8ClNO3. The Morgan fingerprint density at radius 3 is 2.71 bits per heavy atom. The summed E-state index contributed by atoms with van der Waals surface area (Å²) in [6.45, 7) is 3.62. The molecule has 0 aromatic carbocycles. The molecule has 1 heterocycles. The minimum absolute atomic E-state index is 0.0357. The lowest BCUT2D eigenvalue weighted by atomic mass is 10.3. The number of carboxylic acids is 1. The lowest BCUT2D eigenvalue weighted by Gasteiger charge is -2.03. The molecule has 0 saturated heterocycles. The summed E-state index contributed by atoms with van der Waals surface area (Å²) in [7, 11) is 0. The van der Waals surface area contributed by atoms with Crippen molar-refractivity contribution in [2.75, 3.05) is 0 Å². The summed E-state index contributed by atoms with van der Waals surface area (Å²) in [4.78, 5) is 21.8. The molecule has 0 unspecified atom stereocenters. The molecule has 0 aliphatic carbocycles. The molecule has 0 aliphatic rings. The van der Waals surface area contributed by atoms with Crippen molar-refractivity contribution in [1.82, 2.24) is 4.57 Å².